The van der Waals surface area contributed by atoms with E-state index in [-0.39, 0.29) is 24.5 Å². The van der Waals surface area contributed by atoms with Gasteiger partial charge in [0.05, 0.1) is 18.8 Å². The standard InChI is InChI=1S/C23H23N3O5/c1-4-30-21(28)18-19(22(29)31-5-2)23(3,15-11-7-6-10-14(15)20(18)27)26-24-16-12-8-9-13-17(16)25-26/h6-13,19,27H,4-5H2,1-3H3/t19-,23+/m0/s1. The molecule has 1 heterocycles. The summed E-state index contributed by atoms with van der Waals surface area (Å²) in [5, 5.41) is 20.3. The fraction of sp³-hybridized carbons (Fsp3) is 0.304. The zero-order valence-corrected chi connectivity index (χ0v) is 17.5. The first-order chi connectivity index (χ1) is 14.9. The molecule has 160 valence electrons. The molecule has 0 aliphatic heterocycles. The SMILES string of the molecule is CCOC(=O)C1=C(O)c2ccccc2[C@@](C)(n2nc3ccccc3n2)[C@@H]1C(=O)OCC. The lowest BCUT2D eigenvalue weighted by molar-refractivity contribution is -0.153. The Morgan fingerprint density at radius 2 is 1.58 bits per heavy atom. The normalized spacial score (nSPS) is 20.4. The second-order valence-electron chi connectivity index (χ2n) is 7.34. The highest BCUT2D eigenvalue weighted by molar-refractivity contribution is 6.04. The van der Waals surface area contributed by atoms with Crippen molar-refractivity contribution in [3.63, 3.8) is 0 Å². The molecule has 31 heavy (non-hydrogen) atoms. The molecular weight excluding hydrogens is 398 g/mol. The number of ether oxygens (including phenoxy) is 2. The van der Waals surface area contributed by atoms with Crippen LogP contribution in [0.5, 0.6) is 0 Å². The molecule has 0 bridgehead atoms. The Labute approximate surface area is 179 Å². The van der Waals surface area contributed by atoms with E-state index in [1.54, 1.807) is 45.0 Å². The Bertz CT molecular complexity index is 1170. The molecule has 0 radical (unpaired) electrons. The zero-order valence-electron chi connectivity index (χ0n) is 17.5. The van der Waals surface area contributed by atoms with Crippen LogP contribution in [0.2, 0.25) is 0 Å². The number of carbonyl (C=O) groups excluding carboxylic acids is 2. The maximum absolute atomic E-state index is 13.2. The van der Waals surface area contributed by atoms with Crippen LogP contribution in [0.1, 0.15) is 31.9 Å². The van der Waals surface area contributed by atoms with Crippen molar-refractivity contribution in [2.24, 2.45) is 5.92 Å². The smallest absolute Gasteiger partial charge is 0.338 e. The largest absolute Gasteiger partial charge is 0.507 e. The second-order valence-corrected chi connectivity index (χ2v) is 7.34. The van der Waals surface area contributed by atoms with Crippen molar-refractivity contribution >= 4 is 28.7 Å². The molecular formula is C23H23N3O5. The van der Waals surface area contributed by atoms with E-state index in [0.29, 0.717) is 22.2 Å². The quantitative estimate of drug-likeness (QED) is 0.631. The van der Waals surface area contributed by atoms with Gasteiger partial charge in [0.15, 0.2) is 0 Å². The van der Waals surface area contributed by atoms with E-state index < -0.39 is 23.4 Å². The first kappa shape index (κ1) is 20.6. The van der Waals surface area contributed by atoms with Gasteiger partial charge < -0.3 is 14.6 Å². The highest BCUT2D eigenvalue weighted by Gasteiger charge is 2.54. The molecule has 4 rings (SSSR count). The molecule has 2 atom stereocenters. The van der Waals surface area contributed by atoms with Gasteiger partial charge in [-0.2, -0.15) is 15.0 Å². The number of rotatable bonds is 5. The Morgan fingerprint density at radius 3 is 2.19 bits per heavy atom. The Morgan fingerprint density at radius 1 is 1.00 bits per heavy atom. The fourth-order valence-corrected chi connectivity index (χ4v) is 4.14. The topological polar surface area (TPSA) is 104 Å². The summed E-state index contributed by atoms with van der Waals surface area (Å²) in [6, 6.07) is 14.3. The summed E-state index contributed by atoms with van der Waals surface area (Å²) in [5.74, 6) is -2.98. The van der Waals surface area contributed by atoms with Crippen molar-refractivity contribution in [2.45, 2.75) is 26.3 Å². The van der Waals surface area contributed by atoms with Crippen LogP contribution in [-0.4, -0.2) is 45.3 Å². The number of carbonyl (C=O) groups is 2. The molecule has 1 aliphatic carbocycles. The summed E-state index contributed by atoms with van der Waals surface area (Å²) in [4.78, 5) is 27.6. The molecule has 2 aromatic carbocycles. The van der Waals surface area contributed by atoms with Crippen LogP contribution >= 0.6 is 0 Å². The molecule has 0 saturated heterocycles. The number of hydrogen-bond acceptors (Lipinski definition) is 7. The molecule has 1 aliphatic rings. The van der Waals surface area contributed by atoms with E-state index in [0.717, 1.165) is 0 Å². The highest BCUT2D eigenvalue weighted by atomic mass is 16.5. The Hall–Kier alpha value is -3.68. The van der Waals surface area contributed by atoms with Gasteiger partial charge in [0.1, 0.15) is 28.2 Å². The second kappa shape index (κ2) is 7.86. The van der Waals surface area contributed by atoms with Crippen LogP contribution in [0.3, 0.4) is 0 Å². The number of esters is 2. The number of fused-ring (bicyclic) bond motifs is 2. The third-order valence-electron chi connectivity index (χ3n) is 5.55. The van der Waals surface area contributed by atoms with Gasteiger partial charge in [0.25, 0.3) is 0 Å². The predicted molar refractivity (Wildman–Crippen MR) is 113 cm³/mol. The van der Waals surface area contributed by atoms with Gasteiger partial charge in [-0.3, -0.25) is 4.79 Å². The molecule has 0 spiro atoms. The molecule has 8 nitrogen and oxygen atoms in total. The van der Waals surface area contributed by atoms with Crippen LogP contribution in [0, 0.1) is 5.92 Å². The molecule has 0 amide bonds. The van der Waals surface area contributed by atoms with E-state index >= 15 is 0 Å². The monoisotopic (exact) mass is 421 g/mol. The van der Waals surface area contributed by atoms with Gasteiger partial charge >= 0.3 is 11.9 Å². The minimum atomic E-state index is -1.25. The summed E-state index contributed by atoms with van der Waals surface area (Å²) >= 11 is 0. The van der Waals surface area contributed by atoms with Gasteiger partial charge in [0, 0.05) is 5.56 Å². The van der Waals surface area contributed by atoms with Crippen molar-refractivity contribution in [1.82, 2.24) is 15.0 Å². The molecule has 1 N–H and O–H groups in total. The lowest BCUT2D eigenvalue weighted by Gasteiger charge is -2.40. The summed E-state index contributed by atoms with van der Waals surface area (Å²) in [6.45, 7) is 5.30. The van der Waals surface area contributed by atoms with Crippen molar-refractivity contribution in [3.8, 4) is 0 Å². The minimum Gasteiger partial charge on any atom is -0.507 e. The van der Waals surface area contributed by atoms with E-state index in [9.17, 15) is 14.7 Å². The lowest BCUT2D eigenvalue weighted by atomic mass is 9.69. The molecule has 3 aromatic rings. The van der Waals surface area contributed by atoms with E-state index in [1.807, 2.05) is 24.3 Å². The van der Waals surface area contributed by atoms with Crippen molar-refractivity contribution in [1.29, 1.82) is 0 Å². The summed E-state index contributed by atoms with van der Waals surface area (Å²) < 4.78 is 10.5. The third kappa shape index (κ3) is 3.15. The summed E-state index contributed by atoms with van der Waals surface area (Å²) in [7, 11) is 0. The van der Waals surface area contributed by atoms with E-state index in [2.05, 4.69) is 10.2 Å². The Balaban J connectivity index is 2.05. The summed E-state index contributed by atoms with van der Waals surface area (Å²) in [6.07, 6.45) is 0. The van der Waals surface area contributed by atoms with Crippen molar-refractivity contribution in [2.75, 3.05) is 13.2 Å². The van der Waals surface area contributed by atoms with E-state index in [4.69, 9.17) is 9.47 Å². The maximum Gasteiger partial charge on any atom is 0.338 e. The van der Waals surface area contributed by atoms with Gasteiger partial charge in [-0.25, -0.2) is 4.79 Å². The molecule has 1 aromatic heterocycles. The number of benzene rings is 2. The summed E-state index contributed by atoms with van der Waals surface area (Å²) in [5.41, 5.74) is 0.869. The maximum atomic E-state index is 13.2. The number of aliphatic hydroxyl groups excluding tert-OH is 1. The molecule has 0 fully saturated rings. The Kier molecular flexibility index (Phi) is 5.22. The number of aromatic nitrogens is 3. The molecule has 0 saturated carbocycles. The van der Waals surface area contributed by atoms with Crippen LogP contribution in [0.15, 0.2) is 54.1 Å². The number of nitrogens with zero attached hydrogens (tertiary/aromatic N) is 3. The molecule has 0 unspecified atom stereocenters. The first-order valence-corrected chi connectivity index (χ1v) is 10.1. The van der Waals surface area contributed by atoms with Gasteiger partial charge in [-0.05, 0) is 38.5 Å². The van der Waals surface area contributed by atoms with Crippen LogP contribution in [0.4, 0.5) is 0 Å². The number of aliphatic hydroxyl groups is 1. The van der Waals surface area contributed by atoms with E-state index in [1.165, 1.54) is 4.80 Å². The zero-order chi connectivity index (χ0) is 22.2. The highest BCUT2D eigenvalue weighted by Crippen LogP contribution is 2.47. The lowest BCUT2D eigenvalue weighted by Crippen LogP contribution is -2.50. The fourth-order valence-electron chi connectivity index (χ4n) is 4.14. The average molecular weight is 421 g/mol. The minimum absolute atomic E-state index is 0.0907. The van der Waals surface area contributed by atoms with Crippen LogP contribution in [0.25, 0.3) is 16.8 Å². The third-order valence-corrected chi connectivity index (χ3v) is 5.55. The van der Waals surface area contributed by atoms with Gasteiger partial charge in [-0.15, -0.1) is 0 Å². The number of hydrogen-bond donors (Lipinski definition) is 1. The average Bonchev–Trinajstić information content (AvgIpc) is 3.21. The van der Waals surface area contributed by atoms with Gasteiger partial charge in [-0.1, -0.05) is 36.4 Å². The van der Waals surface area contributed by atoms with Crippen molar-refractivity contribution in [3.05, 3.63) is 65.2 Å². The van der Waals surface area contributed by atoms with Crippen LogP contribution in [-0.2, 0) is 24.6 Å². The van der Waals surface area contributed by atoms with Crippen molar-refractivity contribution < 1.29 is 24.2 Å². The van der Waals surface area contributed by atoms with Crippen LogP contribution < -0.4 is 0 Å². The molecule has 8 heteroatoms. The van der Waals surface area contributed by atoms with Gasteiger partial charge in [0.2, 0.25) is 0 Å². The predicted octanol–water partition coefficient (Wildman–Crippen LogP) is 3.22. The first-order valence-electron chi connectivity index (χ1n) is 10.1.